The summed E-state index contributed by atoms with van der Waals surface area (Å²) in [6.07, 6.45) is 7.95. The summed E-state index contributed by atoms with van der Waals surface area (Å²) in [6.45, 7) is 0.286. The van der Waals surface area contributed by atoms with Gasteiger partial charge in [0.1, 0.15) is 0 Å². The third kappa shape index (κ3) is 5.88. The molecule has 150 valence electrons. The van der Waals surface area contributed by atoms with Gasteiger partial charge in [0.05, 0.1) is 6.61 Å². The van der Waals surface area contributed by atoms with Crippen molar-refractivity contribution in [1.29, 1.82) is 0 Å². The maximum Gasteiger partial charge on any atom is 0.573 e. The van der Waals surface area contributed by atoms with Gasteiger partial charge < -0.3 is 9.47 Å². The average molecular weight is 386 g/mol. The standard InChI is InChI=1S/C21H26F4O2/c22-19-17(11-5-10-15-6-1-2-7-15)12-13-18(20(19)27-21(23,24)25)26-14-16-8-3-4-9-16/h5,10,12-13,15-16H,1-4,6-9,11,14H2/b10-5+. The summed E-state index contributed by atoms with van der Waals surface area (Å²) in [5, 5.41) is 0. The van der Waals surface area contributed by atoms with Crippen molar-refractivity contribution in [3.8, 4) is 11.5 Å². The molecule has 1 aromatic carbocycles. The maximum atomic E-state index is 14.7. The predicted octanol–water partition coefficient (Wildman–Crippen LogP) is 6.58. The van der Waals surface area contributed by atoms with Crippen molar-refractivity contribution in [2.45, 2.75) is 64.1 Å². The molecule has 0 bridgehead atoms. The van der Waals surface area contributed by atoms with Crippen LogP contribution in [0.2, 0.25) is 0 Å². The van der Waals surface area contributed by atoms with Crippen LogP contribution in [-0.2, 0) is 6.42 Å². The van der Waals surface area contributed by atoms with Crippen LogP contribution in [0.3, 0.4) is 0 Å². The third-order valence-electron chi connectivity index (χ3n) is 5.45. The SMILES string of the molecule is Fc1c(C/C=C/C2CCCC2)ccc(OCC2CCCC2)c1OC(F)(F)F. The zero-order chi connectivity index (χ0) is 19.3. The van der Waals surface area contributed by atoms with Crippen molar-refractivity contribution in [2.24, 2.45) is 11.8 Å². The number of allylic oxidation sites excluding steroid dienone is 2. The highest BCUT2D eigenvalue weighted by atomic mass is 19.4. The first kappa shape index (κ1) is 20.0. The molecule has 2 aliphatic carbocycles. The van der Waals surface area contributed by atoms with Crippen LogP contribution in [0.1, 0.15) is 56.9 Å². The van der Waals surface area contributed by atoms with Crippen molar-refractivity contribution in [2.75, 3.05) is 6.61 Å². The molecule has 0 saturated heterocycles. The molecule has 0 spiro atoms. The molecule has 0 unspecified atom stereocenters. The van der Waals surface area contributed by atoms with Crippen LogP contribution in [0.5, 0.6) is 11.5 Å². The van der Waals surface area contributed by atoms with E-state index in [0.29, 0.717) is 11.8 Å². The summed E-state index contributed by atoms with van der Waals surface area (Å²) < 4.78 is 62.5. The van der Waals surface area contributed by atoms with E-state index in [4.69, 9.17) is 4.74 Å². The van der Waals surface area contributed by atoms with Gasteiger partial charge in [-0.1, -0.05) is 43.9 Å². The van der Waals surface area contributed by atoms with E-state index < -0.39 is 17.9 Å². The lowest BCUT2D eigenvalue weighted by molar-refractivity contribution is -0.276. The van der Waals surface area contributed by atoms with E-state index >= 15 is 0 Å². The lowest BCUT2D eigenvalue weighted by atomic mass is 10.0. The third-order valence-corrected chi connectivity index (χ3v) is 5.45. The van der Waals surface area contributed by atoms with Crippen molar-refractivity contribution in [1.82, 2.24) is 0 Å². The molecule has 3 rings (SSSR count). The number of hydrogen-bond acceptors (Lipinski definition) is 2. The van der Waals surface area contributed by atoms with E-state index in [1.807, 2.05) is 12.2 Å². The van der Waals surface area contributed by atoms with E-state index in [2.05, 4.69) is 4.74 Å². The number of rotatable bonds is 7. The molecule has 2 fully saturated rings. The van der Waals surface area contributed by atoms with E-state index in [0.717, 1.165) is 38.5 Å². The van der Waals surface area contributed by atoms with Gasteiger partial charge in [-0.2, -0.15) is 0 Å². The second kappa shape index (κ2) is 8.98. The molecular weight excluding hydrogens is 360 g/mol. The number of halogens is 4. The maximum absolute atomic E-state index is 14.7. The summed E-state index contributed by atoms with van der Waals surface area (Å²) >= 11 is 0. The normalized spacial score (nSPS) is 19.3. The van der Waals surface area contributed by atoms with Crippen LogP contribution < -0.4 is 9.47 Å². The van der Waals surface area contributed by atoms with Gasteiger partial charge in [0.25, 0.3) is 0 Å². The molecular formula is C21H26F4O2. The summed E-state index contributed by atoms with van der Waals surface area (Å²) in [5.74, 6) is -1.23. The number of benzene rings is 1. The Balaban J connectivity index is 1.73. The highest BCUT2D eigenvalue weighted by Crippen LogP contribution is 2.38. The molecule has 2 aliphatic rings. The highest BCUT2D eigenvalue weighted by molar-refractivity contribution is 5.45. The van der Waals surface area contributed by atoms with Gasteiger partial charge in [0.15, 0.2) is 11.6 Å². The molecule has 0 aromatic heterocycles. The molecule has 0 amide bonds. The van der Waals surface area contributed by atoms with E-state index in [1.165, 1.54) is 25.0 Å². The zero-order valence-electron chi connectivity index (χ0n) is 15.4. The largest absolute Gasteiger partial charge is 0.573 e. The molecule has 0 N–H and O–H groups in total. The van der Waals surface area contributed by atoms with Gasteiger partial charge in [0.2, 0.25) is 5.75 Å². The topological polar surface area (TPSA) is 18.5 Å². The second-order valence-corrected chi connectivity index (χ2v) is 7.55. The van der Waals surface area contributed by atoms with E-state index in [-0.39, 0.29) is 24.3 Å². The highest BCUT2D eigenvalue weighted by Gasteiger charge is 2.35. The minimum absolute atomic E-state index is 0.178. The summed E-state index contributed by atoms with van der Waals surface area (Å²) in [7, 11) is 0. The van der Waals surface area contributed by atoms with E-state index in [1.54, 1.807) is 0 Å². The van der Waals surface area contributed by atoms with Crippen molar-refractivity contribution in [3.05, 3.63) is 35.7 Å². The monoisotopic (exact) mass is 386 g/mol. The van der Waals surface area contributed by atoms with Crippen LogP contribution in [0.15, 0.2) is 24.3 Å². The van der Waals surface area contributed by atoms with Crippen LogP contribution in [-0.4, -0.2) is 13.0 Å². The van der Waals surface area contributed by atoms with E-state index in [9.17, 15) is 17.6 Å². The summed E-state index contributed by atoms with van der Waals surface area (Å²) in [4.78, 5) is 0. The molecule has 2 nitrogen and oxygen atoms in total. The quantitative estimate of drug-likeness (QED) is 0.389. The van der Waals surface area contributed by atoms with Crippen LogP contribution in [0, 0.1) is 17.7 Å². The zero-order valence-corrected chi connectivity index (χ0v) is 15.4. The molecule has 2 saturated carbocycles. The number of ether oxygens (including phenoxy) is 2. The van der Waals surface area contributed by atoms with Gasteiger partial charge in [-0.3, -0.25) is 0 Å². The van der Waals surface area contributed by atoms with Crippen molar-refractivity contribution < 1.29 is 27.0 Å². The fourth-order valence-electron chi connectivity index (χ4n) is 3.98. The fourth-order valence-corrected chi connectivity index (χ4v) is 3.98. The fraction of sp³-hybridized carbons (Fsp3) is 0.619. The summed E-state index contributed by atoms with van der Waals surface area (Å²) in [5.41, 5.74) is 0.178. The Labute approximate surface area is 157 Å². The van der Waals surface area contributed by atoms with Gasteiger partial charge >= 0.3 is 6.36 Å². The molecule has 0 heterocycles. The van der Waals surface area contributed by atoms with Crippen molar-refractivity contribution >= 4 is 0 Å². The first-order valence-electron chi connectivity index (χ1n) is 9.79. The first-order chi connectivity index (χ1) is 12.9. The minimum Gasteiger partial charge on any atom is -0.489 e. The first-order valence-corrected chi connectivity index (χ1v) is 9.79. The minimum atomic E-state index is -4.97. The molecule has 0 aliphatic heterocycles. The molecule has 6 heteroatoms. The Morgan fingerprint density at radius 2 is 1.67 bits per heavy atom. The van der Waals surface area contributed by atoms with Crippen LogP contribution >= 0.6 is 0 Å². The Morgan fingerprint density at radius 1 is 1.00 bits per heavy atom. The molecule has 0 atom stereocenters. The van der Waals surface area contributed by atoms with Gasteiger partial charge in [-0.25, -0.2) is 4.39 Å². The molecule has 0 radical (unpaired) electrons. The number of alkyl halides is 3. The molecule has 1 aromatic rings. The summed E-state index contributed by atoms with van der Waals surface area (Å²) in [6, 6.07) is 2.87. The van der Waals surface area contributed by atoms with Gasteiger partial charge in [-0.05, 0) is 55.6 Å². The van der Waals surface area contributed by atoms with Gasteiger partial charge in [-0.15, -0.1) is 13.2 Å². The second-order valence-electron chi connectivity index (χ2n) is 7.55. The Bertz CT molecular complexity index is 642. The Morgan fingerprint density at radius 3 is 2.33 bits per heavy atom. The number of hydrogen-bond donors (Lipinski definition) is 0. The predicted molar refractivity (Wildman–Crippen MR) is 95.3 cm³/mol. The lowest BCUT2D eigenvalue weighted by Crippen LogP contribution is -2.19. The van der Waals surface area contributed by atoms with Crippen molar-refractivity contribution in [3.63, 3.8) is 0 Å². The van der Waals surface area contributed by atoms with Crippen LogP contribution in [0.4, 0.5) is 17.6 Å². The Hall–Kier alpha value is -1.72. The average Bonchev–Trinajstić information content (AvgIpc) is 3.30. The molecule has 27 heavy (non-hydrogen) atoms. The smallest absolute Gasteiger partial charge is 0.489 e. The Kier molecular flexibility index (Phi) is 6.66. The lowest BCUT2D eigenvalue weighted by Gasteiger charge is -2.18. The van der Waals surface area contributed by atoms with Crippen LogP contribution in [0.25, 0.3) is 0 Å². The van der Waals surface area contributed by atoms with Gasteiger partial charge in [0, 0.05) is 0 Å².